The molecule has 2 aromatic heterocycles. The predicted molar refractivity (Wildman–Crippen MR) is 87.6 cm³/mol. The smallest absolute Gasteiger partial charge is 0.359 e. The van der Waals surface area contributed by atoms with Crippen molar-refractivity contribution < 1.29 is 19.1 Å². The summed E-state index contributed by atoms with van der Waals surface area (Å²) in [5.74, 6) is -1.01. The van der Waals surface area contributed by atoms with Crippen molar-refractivity contribution >= 4 is 35.3 Å². The Bertz CT molecular complexity index is 782. The van der Waals surface area contributed by atoms with Crippen LogP contribution in [0.3, 0.4) is 0 Å². The molecule has 2 heterocycles. The summed E-state index contributed by atoms with van der Waals surface area (Å²) in [6.45, 7) is 3.75. The van der Waals surface area contributed by atoms with Crippen molar-refractivity contribution in [2.75, 3.05) is 27.3 Å². The lowest BCUT2D eigenvalue weighted by atomic mass is 10.2. The Balaban J connectivity index is 2.56. The first-order chi connectivity index (χ1) is 11.5. The number of rotatable bonds is 6. The van der Waals surface area contributed by atoms with Gasteiger partial charge in [-0.25, -0.2) is 24.5 Å². The summed E-state index contributed by atoms with van der Waals surface area (Å²) in [4.78, 5) is 41.2. The first kappa shape index (κ1) is 17.4. The Morgan fingerprint density at radius 3 is 2.50 bits per heavy atom. The highest BCUT2D eigenvalue weighted by atomic mass is 16.5. The van der Waals surface area contributed by atoms with Crippen molar-refractivity contribution in [3.8, 4) is 0 Å². The van der Waals surface area contributed by atoms with E-state index in [0.717, 1.165) is 0 Å². The van der Waals surface area contributed by atoms with E-state index in [1.165, 1.54) is 6.07 Å². The minimum absolute atomic E-state index is 0.000748. The van der Waals surface area contributed by atoms with E-state index in [-0.39, 0.29) is 36.1 Å². The third-order valence-corrected chi connectivity index (χ3v) is 2.82. The monoisotopic (exact) mass is 333 g/mol. The third kappa shape index (κ3) is 3.86. The molecule has 0 unspecified atom stereocenters. The van der Waals surface area contributed by atoms with Gasteiger partial charge in [-0.2, -0.15) is 0 Å². The molecule has 0 saturated heterocycles. The Morgan fingerprint density at radius 1 is 1.21 bits per heavy atom. The van der Waals surface area contributed by atoms with Crippen molar-refractivity contribution in [3.63, 3.8) is 0 Å². The van der Waals surface area contributed by atoms with Crippen LogP contribution in [0, 0.1) is 0 Å². The van der Waals surface area contributed by atoms with Gasteiger partial charge in [-0.05, 0) is 19.9 Å². The van der Waals surface area contributed by atoms with E-state index in [0.29, 0.717) is 5.52 Å². The maximum Gasteiger partial charge on any atom is 0.359 e. The molecular weight excluding hydrogens is 314 g/mol. The highest BCUT2D eigenvalue weighted by Gasteiger charge is 2.21. The minimum atomic E-state index is -0.664. The number of hydrogen-bond acceptors (Lipinski definition) is 7. The standard InChI is InChI=1S/C15H19N5O4/c1-5-23-13(21)10-7-9-11(12(17-10)14(22)24-6-2)19-15(18-9)16-8-20(3)4/h7-8H,5-6H2,1-4H3,(H,18,19)/b16-8+. The lowest BCUT2D eigenvalue weighted by Gasteiger charge is -2.05. The Labute approximate surface area is 138 Å². The number of carbonyl (C=O) groups is 2. The summed E-state index contributed by atoms with van der Waals surface area (Å²) in [7, 11) is 3.63. The number of H-pyrrole nitrogens is 1. The number of nitrogens with zero attached hydrogens (tertiary/aromatic N) is 4. The third-order valence-electron chi connectivity index (χ3n) is 2.82. The van der Waals surface area contributed by atoms with E-state index in [1.807, 2.05) is 14.1 Å². The molecule has 0 bridgehead atoms. The van der Waals surface area contributed by atoms with Gasteiger partial charge in [-0.3, -0.25) is 0 Å². The van der Waals surface area contributed by atoms with Crippen molar-refractivity contribution in [2.45, 2.75) is 13.8 Å². The van der Waals surface area contributed by atoms with E-state index in [2.05, 4.69) is 19.9 Å². The summed E-state index contributed by atoms with van der Waals surface area (Å²) in [6.07, 6.45) is 1.56. The molecule has 128 valence electrons. The number of imidazole rings is 1. The molecular formula is C15H19N5O4. The van der Waals surface area contributed by atoms with E-state index < -0.39 is 11.9 Å². The number of aliphatic imine (C=N–C) groups is 1. The van der Waals surface area contributed by atoms with Crippen LogP contribution in [0.1, 0.15) is 34.8 Å². The highest BCUT2D eigenvalue weighted by molar-refractivity contribution is 6.03. The number of hydrogen-bond donors (Lipinski definition) is 1. The van der Waals surface area contributed by atoms with Crippen molar-refractivity contribution in [1.82, 2.24) is 19.9 Å². The number of aromatic nitrogens is 3. The Hall–Kier alpha value is -2.97. The molecule has 0 aliphatic rings. The van der Waals surface area contributed by atoms with E-state index in [9.17, 15) is 9.59 Å². The fourth-order valence-corrected chi connectivity index (χ4v) is 1.88. The summed E-state index contributed by atoms with van der Waals surface area (Å²) >= 11 is 0. The molecule has 0 radical (unpaired) electrons. The number of fused-ring (bicyclic) bond motifs is 1. The normalized spacial score (nSPS) is 11.0. The molecule has 0 fully saturated rings. The second-order valence-corrected chi connectivity index (χ2v) is 4.96. The van der Waals surface area contributed by atoms with Crippen LogP contribution < -0.4 is 0 Å². The molecule has 0 amide bonds. The average Bonchev–Trinajstić information content (AvgIpc) is 2.95. The predicted octanol–water partition coefficient (Wildman–Crippen LogP) is 1.53. The van der Waals surface area contributed by atoms with Crippen LogP contribution in [-0.4, -0.2) is 65.4 Å². The number of nitrogens with one attached hydrogen (secondary N) is 1. The average molecular weight is 333 g/mol. The Kier molecular flexibility index (Phi) is 5.46. The number of ether oxygens (including phenoxy) is 2. The number of aromatic amines is 1. The van der Waals surface area contributed by atoms with Gasteiger partial charge in [0.15, 0.2) is 11.4 Å². The zero-order valence-corrected chi connectivity index (χ0v) is 14.0. The van der Waals surface area contributed by atoms with E-state index in [1.54, 1.807) is 25.1 Å². The topological polar surface area (TPSA) is 110 Å². The summed E-state index contributed by atoms with van der Waals surface area (Å²) in [6, 6.07) is 1.47. The van der Waals surface area contributed by atoms with Gasteiger partial charge in [0.05, 0.1) is 25.1 Å². The highest BCUT2D eigenvalue weighted by Crippen LogP contribution is 2.21. The lowest BCUT2D eigenvalue weighted by Crippen LogP contribution is -2.13. The van der Waals surface area contributed by atoms with Crippen LogP contribution in [0.2, 0.25) is 0 Å². The van der Waals surface area contributed by atoms with Crippen LogP contribution in [0.5, 0.6) is 0 Å². The van der Waals surface area contributed by atoms with Gasteiger partial charge in [0.1, 0.15) is 5.52 Å². The molecule has 1 N–H and O–H groups in total. The van der Waals surface area contributed by atoms with Crippen LogP contribution in [-0.2, 0) is 9.47 Å². The molecule has 24 heavy (non-hydrogen) atoms. The van der Waals surface area contributed by atoms with Gasteiger partial charge in [0.2, 0.25) is 5.95 Å². The molecule has 0 aliphatic carbocycles. The van der Waals surface area contributed by atoms with Gasteiger partial charge in [-0.15, -0.1) is 0 Å². The maximum atomic E-state index is 12.1. The van der Waals surface area contributed by atoms with Crippen molar-refractivity contribution in [2.24, 2.45) is 4.99 Å². The molecule has 2 aromatic rings. The van der Waals surface area contributed by atoms with E-state index in [4.69, 9.17) is 9.47 Å². The Morgan fingerprint density at radius 2 is 1.88 bits per heavy atom. The second-order valence-electron chi connectivity index (χ2n) is 4.96. The molecule has 9 nitrogen and oxygen atoms in total. The number of carbonyl (C=O) groups excluding carboxylic acids is 2. The van der Waals surface area contributed by atoms with Crippen molar-refractivity contribution in [1.29, 1.82) is 0 Å². The van der Waals surface area contributed by atoms with Gasteiger partial charge < -0.3 is 19.4 Å². The maximum absolute atomic E-state index is 12.1. The molecule has 0 atom stereocenters. The molecule has 2 rings (SSSR count). The summed E-state index contributed by atoms with van der Waals surface area (Å²) < 4.78 is 9.92. The fourth-order valence-electron chi connectivity index (χ4n) is 1.88. The number of esters is 2. The molecule has 0 spiro atoms. The number of pyridine rings is 1. The van der Waals surface area contributed by atoms with Crippen molar-refractivity contribution in [3.05, 3.63) is 17.5 Å². The van der Waals surface area contributed by atoms with Crippen LogP contribution in [0.25, 0.3) is 11.0 Å². The van der Waals surface area contributed by atoms with Crippen LogP contribution in [0.4, 0.5) is 5.95 Å². The molecule has 0 aliphatic heterocycles. The molecule has 0 aromatic carbocycles. The zero-order chi connectivity index (χ0) is 17.7. The fraction of sp³-hybridized carbons (Fsp3) is 0.400. The first-order valence-electron chi connectivity index (χ1n) is 7.41. The van der Waals surface area contributed by atoms with E-state index >= 15 is 0 Å². The first-order valence-corrected chi connectivity index (χ1v) is 7.41. The SMILES string of the molecule is CCOC(=O)c1cc2[nH]c(/N=C/N(C)C)nc2c(C(=O)OCC)n1. The quantitative estimate of drug-likeness (QED) is 0.485. The van der Waals surface area contributed by atoms with Gasteiger partial charge in [0.25, 0.3) is 0 Å². The second kappa shape index (κ2) is 7.53. The molecule has 9 heteroatoms. The largest absolute Gasteiger partial charge is 0.461 e. The lowest BCUT2D eigenvalue weighted by molar-refractivity contribution is 0.0513. The van der Waals surface area contributed by atoms with Crippen LogP contribution >= 0.6 is 0 Å². The van der Waals surface area contributed by atoms with Gasteiger partial charge >= 0.3 is 11.9 Å². The van der Waals surface area contributed by atoms with Crippen LogP contribution in [0.15, 0.2) is 11.1 Å². The molecule has 0 saturated carbocycles. The van der Waals surface area contributed by atoms with Gasteiger partial charge in [0, 0.05) is 14.1 Å². The zero-order valence-electron chi connectivity index (χ0n) is 14.0. The summed E-state index contributed by atoms with van der Waals surface area (Å²) in [5.41, 5.74) is 0.675. The van der Waals surface area contributed by atoms with Gasteiger partial charge in [-0.1, -0.05) is 0 Å². The summed E-state index contributed by atoms with van der Waals surface area (Å²) in [5, 5.41) is 0. The minimum Gasteiger partial charge on any atom is -0.461 e.